The number of amides is 1. The fraction of sp³-hybridized carbons (Fsp3) is 0.630. The molecule has 1 aromatic carbocycles. The van der Waals surface area contributed by atoms with E-state index >= 15 is 0 Å². The van der Waals surface area contributed by atoms with Crippen molar-refractivity contribution < 1.29 is 4.79 Å². The van der Waals surface area contributed by atoms with Gasteiger partial charge in [-0.25, -0.2) is 0 Å². The largest absolute Gasteiger partial charge is 0.345 e. The molecule has 180 valence electrons. The first-order chi connectivity index (χ1) is 15.9. The maximum absolute atomic E-state index is 12.7. The Kier molecular flexibility index (Phi) is 7.86. The quantitative estimate of drug-likeness (QED) is 0.636. The lowest BCUT2D eigenvalue weighted by molar-refractivity contribution is -0.130. The summed E-state index contributed by atoms with van der Waals surface area (Å²) in [5.74, 6) is 1.72. The predicted molar refractivity (Wildman–Crippen MR) is 133 cm³/mol. The van der Waals surface area contributed by atoms with E-state index < -0.39 is 0 Å². The van der Waals surface area contributed by atoms with Crippen LogP contribution in [0.25, 0.3) is 0 Å². The van der Waals surface area contributed by atoms with Gasteiger partial charge in [0.15, 0.2) is 0 Å². The highest BCUT2D eigenvalue weighted by Gasteiger charge is 2.36. The van der Waals surface area contributed by atoms with E-state index in [0.717, 1.165) is 50.5 Å². The molecule has 0 unspecified atom stereocenters. The van der Waals surface area contributed by atoms with Crippen molar-refractivity contribution in [2.24, 2.45) is 18.9 Å². The molecule has 2 bridgehead atoms. The number of piperidine rings is 2. The van der Waals surface area contributed by atoms with E-state index in [-0.39, 0.29) is 5.91 Å². The zero-order valence-electron chi connectivity index (χ0n) is 20.9. The molecule has 3 heterocycles. The van der Waals surface area contributed by atoms with Gasteiger partial charge in [0.25, 0.3) is 0 Å². The van der Waals surface area contributed by atoms with Gasteiger partial charge in [-0.1, -0.05) is 30.3 Å². The van der Waals surface area contributed by atoms with E-state index in [2.05, 4.69) is 59.5 Å². The third-order valence-electron chi connectivity index (χ3n) is 7.82. The van der Waals surface area contributed by atoms with Crippen LogP contribution in [0.3, 0.4) is 0 Å². The number of fused-ring (bicyclic) bond motifs is 2. The summed E-state index contributed by atoms with van der Waals surface area (Å²) in [4.78, 5) is 17.3. The van der Waals surface area contributed by atoms with Crippen LogP contribution in [0.1, 0.15) is 48.2 Å². The number of benzene rings is 1. The van der Waals surface area contributed by atoms with E-state index in [1.807, 2.05) is 23.7 Å². The molecule has 2 saturated heterocycles. The van der Waals surface area contributed by atoms with E-state index in [4.69, 9.17) is 0 Å². The van der Waals surface area contributed by atoms with Gasteiger partial charge in [0.1, 0.15) is 0 Å². The maximum atomic E-state index is 12.7. The van der Waals surface area contributed by atoms with Crippen molar-refractivity contribution >= 4 is 5.91 Å². The number of carbonyl (C=O) groups is 1. The van der Waals surface area contributed by atoms with Crippen LogP contribution in [-0.2, 0) is 24.8 Å². The molecule has 3 atom stereocenters. The number of aromatic nitrogens is 2. The average Bonchev–Trinajstić information content (AvgIpc) is 3.05. The van der Waals surface area contributed by atoms with Crippen LogP contribution >= 0.6 is 0 Å². The van der Waals surface area contributed by atoms with Crippen LogP contribution in [0.2, 0.25) is 0 Å². The van der Waals surface area contributed by atoms with Crippen LogP contribution in [0.5, 0.6) is 0 Å². The Hall–Kier alpha value is -2.18. The highest BCUT2D eigenvalue weighted by molar-refractivity contribution is 5.75. The summed E-state index contributed by atoms with van der Waals surface area (Å²) in [6.45, 7) is 9.45. The number of rotatable bonds is 9. The van der Waals surface area contributed by atoms with Crippen molar-refractivity contribution in [3.8, 4) is 0 Å². The fourth-order valence-electron chi connectivity index (χ4n) is 5.83. The Morgan fingerprint density at radius 2 is 2.00 bits per heavy atom. The highest BCUT2D eigenvalue weighted by Crippen LogP contribution is 2.31. The van der Waals surface area contributed by atoms with Crippen molar-refractivity contribution in [3.05, 3.63) is 52.8 Å². The molecular weight excluding hydrogens is 410 g/mol. The molecule has 0 aliphatic carbocycles. The van der Waals surface area contributed by atoms with Gasteiger partial charge in [-0.2, -0.15) is 5.10 Å². The number of nitrogens with zero attached hydrogens (tertiary/aromatic N) is 4. The molecule has 2 fully saturated rings. The number of hydrogen-bond donors (Lipinski definition) is 1. The van der Waals surface area contributed by atoms with Gasteiger partial charge in [-0.3, -0.25) is 14.4 Å². The lowest BCUT2D eigenvalue weighted by Crippen LogP contribution is -2.55. The van der Waals surface area contributed by atoms with Gasteiger partial charge in [-0.15, -0.1) is 0 Å². The van der Waals surface area contributed by atoms with Gasteiger partial charge in [0, 0.05) is 58.4 Å². The molecule has 33 heavy (non-hydrogen) atoms. The lowest BCUT2D eigenvalue weighted by atomic mass is 9.79. The molecule has 4 rings (SSSR count). The second-order valence-electron chi connectivity index (χ2n) is 10.3. The van der Waals surface area contributed by atoms with E-state index in [1.165, 1.54) is 36.3 Å². The maximum Gasteiger partial charge on any atom is 0.222 e. The smallest absolute Gasteiger partial charge is 0.222 e. The normalized spacial score (nSPS) is 23.0. The fourth-order valence-corrected chi connectivity index (χ4v) is 5.83. The first kappa shape index (κ1) is 24.0. The molecule has 2 aliphatic rings. The number of hydrogen-bond acceptors (Lipinski definition) is 4. The third-order valence-corrected chi connectivity index (χ3v) is 7.82. The predicted octanol–water partition coefficient (Wildman–Crippen LogP) is 3.32. The van der Waals surface area contributed by atoms with E-state index in [9.17, 15) is 4.79 Å². The van der Waals surface area contributed by atoms with Crippen molar-refractivity contribution in [2.45, 2.75) is 58.5 Å². The molecule has 6 heteroatoms. The summed E-state index contributed by atoms with van der Waals surface area (Å²) in [5.41, 5.74) is 4.96. The minimum atomic E-state index is 0.261. The molecule has 6 nitrogen and oxygen atoms in total. The summed E-state index contributed by atoms with van der Waals surface area (Å²) >= 11 is 0. The number of likely N-dealkylation sites (N-methyl/N-ethyl adjacent to an activating group) is 1. The molecule has 1 N–H and O–H groups in total. The van der Waals surface area contributed by atoms with Crippen LogP contribution in [0.15, 0.2) is 30.3 Å². The van der Waals surface area contributed by atoms with E-state index in [0.29, 0.717) is 18.4 Å². The summed E-state index contributed by atoms with van der Waals surface area (Å²) < 4.78 is 1.93. The lowest BCUT2D eigenvalue weighted by Gasteiger charge is -2.46. The Morgan fingerprint density at radius 3 is 2.73 bits per heavy atom. The SMILES string of the molecule is Cc1nn(C)c(C)c1CCN(C)C(=O)CCC[C@H]1NC[C@@H]2C[C@H]1CN(Cc1ccccc1)C2. The number of nitrogens with one attached hydrogen (secondary N) is 1. The second kappa shape index (κ2) is 10.8. The monoisotopic (exact) mass is 451 g/mol. The van der Waals surface area contributed by atoms with Crippen molar-refractivity contribution in [2.75, 3.05) is 33.2 Å². The molecule has 0 spiro atoms. The third kappa shape index (κ3) is 6.04. The summed E-state index contributed by atoms with van der Waals surface area (Å²) in [7, 11) is 3.92. The number of likely N-dealkylation sites (tertiary alicyclic amines) is 1. The van der Waals surface area contributed by atoms with Gasteiger partial charge in [0.2, 0.25) is 5.91 Å². The summed E-state index contributed by atoms with van der Waals surface area (Å²) in [6, 6.07) is 11.4. The molecule has 2 aliphatic heterocycles. The molecule has 2 aromatic rings. The minimum absolute atomic E-state index is 0.261. The number of aryl methyl sites for hydroxylation is 2. The van der Waals surface area contributed by atoms with Gasteiger partial charge in [0.05, 0.1) is 5.69 Å². The summed E-state index contributed by atoms with van der Waals surface area (Å²) in [5, 5.41) is 8.30. The molecule has 1 amide bonds. The first-order valence-corrected chi connectivity index (χ1v) is 12.6. The molecule has 0 saturated carbocycles. The molecule has 1 aromatic heterocycles. The van der Waals surface area contributed by atoms with Gasteiger partial charge >= 0.3 is 0 Å². The average molecular weight is 452 g/mol. The highest BCUT2D eigenvalue weighted by atomic mass is 16.2. The van der Waals surface area contributed by atoms with Gasteiger partial charge in [-0.05, 0) is 69.0 Å². The Bertz CT molecular complexity index is 924. The zero-order valence-corrected chi connectivity index (χ0v) is 20.9. The Labute approximate surface area is 199 Å². The standard InChI is InChI=1S/C27H41N5O/c1-20-25(21(2)31(4)29-20)13-14-30(3)27(33)12-8-11-26-24-15-23(16-28-26)18-32(19-24)17-22-9-6-5-7-10-22/h5-7,9-10,23-24,26,28H,8,11-19H2,1-4H3/t23-,24-,26+/m0/s1. The minimum Gasteiger partial charge on any atom is -0.345 e. The Morgan fingerprint density at radius 1 is 1.21 bits per heavy atom. The van der Waals surface area contributed by atoms with Crippen LogP contribution in [-0.4, -0.2) is 64.8 Å². The van der Waals surface area contributed by atoms with E-state index in [1.54, 1.807) is 0 Å². The molecule has 0 radical (unpaired) electrons. The summed E-state index contributed by atoms with van der Waals surface area (Å²) in [6.07, 6.45) is 4.91. The van der Waals surface area contributed by atoms with Crippen LogP contribution in [0.4, 0.5) is 0 Å². The number of carbonyl (C=O) groups excluding carboxylic acids is 1. The Balaban J connectivity index is 1.20. The van der Waals surface area contributed by atoms with Gasteiger partial charge < -0.3 is 10.2 Å². The van der Waals surface area contributed by atoms with Crippen molar-refractivity contribution in [1.82, 2.24) is 24.9 Å². The van der Waals surface area contributed by atoms with Crippen LogP contribution < -0.4 is 5.32 Å². The first-order valence-electron chi connectivity index (χ1n) is 12.6. The zero-order chi connectivity index (χ0) is 23.4. The topological polar surface area (TPSA) is 53.4 Å². The van der Waals surface area contributed by atoms with Crippen LogP contribution in [0, 0.1) is 25.7 Å². The second-order valence-corrected chi connectivity index (χ2v) is 10.3. The molecular formula is C27H41N5O. The van der Waals surface area contributed by atoms with Crippen molar-refractivity contribution in [1.29, 1.82) is 0 Å². The van der Waals surface area contributed by atoms with Crippen molar-refractivity contribution in [3.63, 3.8) is 0 Å².